The van der Waals surface area contributed by atoms with Crippen LogP contribution in [0.3, 0.4) is 0 Å². The molecule has 3 heteroatoms. The minimum Gasteiger partial charge on any atom is -0.316 e. The lowest BCUT2D eigenvalue weighted by atomic mass is 9.81. The van der Waals surface area contributed by atoms with Crippen molar-refractivity contribution in [2.45, 2.75) is 25.7 Å². The molecule has 0 saturated carbocycles. The van der Waals surface area contributed by atoms with Crippen molar-refractivity contribution in [2.24, 2.45) is 5.92 Å². The van der Waals surface area contributed by atoms with Crippen molar-refractivity contribution in [3.63, 3.8) is 0 Å². The molecule has 0 aliphatic carbocycles. The fraction of sp³-hybridized carbons (Fsp3) is 0.438. The number of nitrogens with zero attached hydrogens (tertiary/aromatic N) is 2. The van der Waals surface area contributed by atoms with Gasteiger partial charge in [0.1, 0.15) is 0 Å². The third-order valence-corrected chi connectivity index (χ3v) is 4.18. The van der Waals surface area contributed by atoms with Crippen molar-refractivity contribution >= 4 is 0 Å². The first kappa shape index (κ1) is 12.4. The standard InChI is InChI=1S/C16H21N3/c1-2-13-10-17-9-8-16(13)14-11-18-19(12-14)15-6-4-3-5-7-15/h3-7,11-13,16-17H,2,8-10H2,1H3. The van der Waals surface area contributed by atoms with E-state index in [0.717, 1.165) is 24.7 Å². The molecule has 2 heterocycles. The van der Waals surface area contributed by atoms with Crippen molar-refractivity contribution < 1.29 is 0 Å². The molecule has 100 valence electrons. The van der Waals surface area contributed by atoms with E-state index in [1.54, 1.807) is 0 Å². The van der Waals surface area contributed by atoms with Gasteiger partial charge in [-0.1, -0.05) is 31.5 Å². The molecule has 2 unspecified atom stereocenters. The molecule has 3 nitrogen and oxygen atoms in total. The van der Waals surface area contributed by atoms with E-state index in [1.807, 2.05) is 16.9 Å². The number of hydrogen-bond donors (Lipinski definition) is 1. The van der Waals surface area contributed by atoms with Gasteiger partial charge in [0.2, 0.25) is 0 Å². The van der Waals surface area contributed by atoms with Gasteiger partial charge in [-0.15, -0.1) is 0 Å². The summed E-state index contributed by atoms with van der Waals surface area (Å²) in [6.07, 6.45) is 6.70. The number of aromatic nitrogens is 2. The van der Waals surface area contributed by atoms with Gasteiger partial charge in [0.15, 0.2) is 0 Å². The Balaban J connectivity index is 1.84. The predicted octanol–water partition coefficient (Wildman–Crippen LogP) is 2.98. The van der Waals surface area contributed by atoms with Gasteiger partial charge in [0, 0.05) is 6.20 Å². The average Bonchev–Trinajstić information content (AvgIpc) is 2.98. The summed E-state index contributed by atoms with van der Waals surface area (Å²) in [6, 6.07) is 10.3. The number of rotatable bonds is 3. The second kappa shape index (κ2) is 5.57. The van der Waals surface area contributed by atoms with E-state index in [0.29, 0.717) is 5.92 Å². The van der Waals surface area contributed by atoms with E-state index < -0.39 is 0 Å². The minimum atomic E-state index is 0.656. The Morgan fingerprint density at radius 1 is 1.32 bits per heavy atom. The highest BCUT2D eigenvalue weighted by Gasteiger charge is 2.25. The largest absolute Gasteiger partial charge is 0.316 e. The van der Waals surface area contributed by atoms with Crippen LogP contribution in [0.5, 0.6) is 0 Å². The summed E-state index contributed by atoms with van der Waals surface area (Å²) in [7, 11) is 0. The lowest BCUT2D eigenvalue weighted by Gasteiger charge is -2.30. The Morgan fingerprint density at radius 2 is 2.16 bits per heavy atom. The lowest BCUT2D eigenvalue weighted by molar-refractivity contribution is 0.318. The molecule has 1 fully saturated rings. The van der Waals surface area contributed by atoms with Crippen LogP contribution in [0.25, 0.3) is 5.69 Å². The molecule has 1 saturated heterocycles. The summed E-state index contributed by atoms with van der Waals surface area (Å²) in [6.45, 7) is 4.54. The molecule has 2 aromatic rings. The molecule has 0 amide bonds. The number of benzene rings is 1. The quantitative estimate of drug-likeness (QED) is 0.913. The van der Waals surface area contributed by atoms with Gasteiger partial charge in [0.05, 0.1) is 11.9 Å². The van der Waals surface area contributed by atoms with Gasteiger partial charge in [-0.2, -0.15) is 5.10 Å². The first-order valence-corrected chi connectivity index (χ1v) is 7.19. The second-order valence-electron chi connectivity index (χ2n) is 5.32. The first-order valence-electron chi connectivity index (χ1n) is 7.19. The van der Waals surface area contributed by atoms with Crippen LogP contribution in [0.4, 0.5) is 0 Å². The predicted molar refractivity (Wildman–Crippen MR) is 77.6 cm³/mol. The number of piperidine rings is 1. The molecule has 2 atom stereocenters. The van der Waals surface area contributed by atoms with Gasteiger partial charge in [-0.3, -0.25) is 0 Å². The molecule has 0 spiro atoms. The number of para-hydroxylation sites is 1. The summed E-state index contributed by atoms with van der Waals surface area (Å²) in [4.78, 5) is 0. The van der Waals surface area contributed by atoms with Crippen LogP contribution in [0.2, 0.25) is 0 Å². The highest BCUT2D eigenvalue weighted by molar-refractivity contribution is 5.31. The van der Waals surface area contributed by atoms with E-state index in [2.05, 4.69) is 47.8 Å². The van der Waals surface area contributed by atoms with E-state index >= 15 is 0 Å². The Hall–Kier alpha value is -1.61. The molecule has 0 radical (unpaired) electrons. The van der Waals surface area contributed by atoms with E-state index in [-0.39, 0.29) is 0 Å². The summed E-state index contributed by atoms with van der Waals surface area (Å²) < 4.78 is 1.99. The molecule has 1 aliphatic heterocycles. The van der Waals surface area contributed by atoms with Crippen LogP contribution in [0, 0.1) is 5.92 Å². The summed E-state index contributed by atoms with van der Waals surface area (Å²) in [5.41, 5.74) is 2.52. The third-order valence-electron chi connectivity index (χ3n) is 4.18. The molecule has 1 aromatic carbocycles. The van der Waals surface area contributed by atoms with Crippen LogP contribution in [-0.2, 0) is 0 Å². The SMILES string of the molecule is CCC1CNCCC1c1cnn(-c2ccccc2)c1. The highest BCUT2D eigenvalue weighted by atomic mass is 15.3. The Labute approximate surface area is 114 Å². The average molecular weight is 255 g/mol. The Morgan fingerprint density at radius 3 is 2.95 bits per heavy atom. The zero-order valence-corrected chi connectivity index (χ0v) is 11.4. The van der Waals surface area contributed by atoms with Gasteiger partial charge >= 0.3 is 0 Å². The van der Waals surface area contributed by atoms with E-state index in [4.69, 9.17) is 0 Å². The number of nitrogens with one attached hydrogen (secondary N) is 1. The maximum absolute atomic E-state index is 4.53. The fourth-order valence-corrected chi connectivity index (χ4v) is 3.04. The zero-order chi connectivity index (χ0) is 13.1. The highest BCUT2D eigenvalue weighted by Crippen LogP contribution is 2.32. The first-order chi connectivity index (χ1) is 9.38. The van der Waals surface area contributed by atoms with Gasteiger partial charge in [-0.05, 0) is 49.0 Å². The van der Waals surface area contributed by atoms with Crippen LogP contribution >= 0.6 is 0 Å². The smallest absolute Gasteiger partial charge is 0.0645 e. The third kappa shape index (κ3) is 2.56. The second-order valence-corrected chi connectivity index (χ2v) is 5.32. The van der Waals surface area contributed by atoms with E-state index in [9.17, 15) is 0 Å². The maximum Gasteiger partial charge on any atom is 0.0645 e. The maximum atomic E-state index is 4.53. The molecule has 0 bridgehead atoms. The van der Waals surface area contributed by atoms with Gasteiger partial charge < -0.3 is 5.32 Å². The molecule has 19 heavy (non-hydrogen) atoms. The molecule has 1 aliphatic rings. The van der Waals surface area contributed by atoms with Crippen LogP contribution in [0.15, 0.2) is 42.7 Å². The van der Waals surface area contributed by atoms with Crippen LogP contribution in [-0.4, -0.2) is 22.9 Å². The topological polar surface area (TPSA) is 29.9 Å². The molecular formula is C16H21N3. The van der Waals surface area contributed by atoms with Crippen molar-refractivity contribution in [3.8, 4) is 5.69 Å². The molecular weight excluding hydrogens is 234 g/mol. The van der Waals surface area contributed by atoms with Crippen LogP contribution < -0.4 is 5.32 Å². The minimum absolute atomic E-state index is 0.656. The summed E-state index contributed by atoms with van der Waals surface area (Å²) in [5.74, 6) is 1.39. The van der Waals surface area contributed by atoms with E-state index in [1.165, 1.54) is 18.4 Å². The monoisotopic (exact) mass is 255 g/mol. The summed E-state index contributed by atoms with van der Waals surface area (Å²) in [5, 5.41) is 8.02. The fourth-order valence-electron chi connectivity index (χ4n) is 3.04. The van der Waals surface area contributed by atoms with Gasteiger partial charge in [-0.25, -0.2) is 4.68 Å². The molecule has 3 rings (SSSR count). The zero-order valence-electron chi connectivity index (χ0n) is 11.4. The van der Waals surface area contributed by atoms with Crippen molar-refractivity contribution in [2.75, 3.05) is 13.1 Å². The van der Waals surface area contributed by atoms with Gasteiger partial charge in [0.25, 0.3) is 0 Å². The normalized spacial score (nSPS) is 23.4. The van der Waals surface area contributed by atoms with Crippen LogP contribution in [0.1, 0.15) is 31.2 Å². The number of hydrogen-bond acceptors (Lipinski definition) is 2. The Bertz CT molecular complexity index is 518. The molecule has 1 aromatic heterocycles. The summed E-state index contributed by atoms with van der Waals surface area (Å²) >= 11 is 0. The Kier molecular flexibility index (Phi) is 3.65. The lowest BCUT2D eigenvalue weighted by Crippen LogP contribution is -2.34. The molecule has 1 N–H and O–H groups in total. The van der Waals surface area contributed by atoms with Crippen molar-refractivity contribution in [1.82, 2.24) is 15.1 Å². The van der Waals surface area contributed by atoms with Crippen molar-refractivity contribution in [3.05, 3.63) is 48.3 Å². The van der Waals surface area contributed by atoms with Crippen molar-refractivity contribution in [1.29, 1.82) is 0 Å².